The highest BCUT2D eigenvalue weighted by Gasteiger charge is 2.27. The van der Waals surface area contributed by atoms with Crippen LogP contribution in [0.15, 0.2) is 12.2 Å². The van der Waals surface area contributed by atoms with Gasteiger partial charge in [0.15, 0.2) is 0 Å². The van der Waals surface area contributed by atoms with E-state index in [0.29, 0.717) is 19.6 Å². The Morgan fingerprint density at radius 1 is 1.62 bits per heavy atom. The Balaban J connectivity index is 2.65. The number of amides is 1. The summed E-state index contributed by atoms with van der Waals surface area (Å²) in [4.78, 5) is 13.3. The van der Waals surface area contributed by atoms with Gasteiger partial charge in [0.05, 0.1) is 25.1 Å². The van der Waals surface area contributed by atoms with Crippen LogP contribution in [0.25, 0.3) is 0 Å². The van der Waals surface area contributed by atoms with Gasteiger partial charge in [-0.25, -0.2) is 5.01 Å². The Morgan fingerprint density at radius 3 is 3.00 bits per heavy atom. The predicted molar refractivity (Wildman–Crippen MR) is 57.7 cm³/mol. The number of nitrogens with zero attached hydrogens (tertiary/aromatic N) is 3. The van der Waals surface area contributed by atoms with Gasteiger partial charge in [-0.1, -0.05) is 6.08 Å². The zero-order valence-corrected chi connectivity index (χ0v) is 9.04. The van der Waals surface area contributed by atoms with Gasteiger partial charge in [-0.2, -0.15) is 5.26 Å². The number of piperazine rings is 1. The molecule has 1 fully saturated rings. The van der Waals surface area contributed by atoms with Crippen molar-refractivity contribution in [1.29, 1.82) is 5.26 Å². The van der Waals surface area contributed by atoms with Gasteiger partial charge >= 0.3 is 0 Å². The van der Waals surface area contributed by atoms with E-state index in [4.69, 9.17) is 16.2 Å². The first-order chi connectivity index (χ1) is 7.69. The van der Waals surface area contributed by atoms with Crippen LogP contribution < -0.4 is 5.84 Å². The zero-order chi connectivity index (χ0) is 12.0. The number of nitriles is 1. The Labute approximate surface area is 94.5 Å². The van der Waals surface area contributed by atoms with Gasteiger partial charge in [-0.3, -0.25) is 10.6 Å². The monoisotopic (exact) mass is 224 g/mol. The summed E-state index contributed by atoms with van der Waals surface area (Å²) in [5.74, 6) is 5.47. The van der Waals surface area contributed by atoms with Crippen LogP contribution in [0.1, 0.15) is 6.42 Å². The Kier molecular flexibility index (Phi) is 4.92. The van der Waals surface area contributed by atoms with Crippen LogP contribution in [-0.4, -0.2) is 53.2 Å². The van der Waals surface area contributed by atoms with Gasteiger partial charge in [0.25, 0.3) is 0 Å². The first-order valence-corrected chi connectivity index (χ1v) is 5.13. The molecule has 1 aliphatic heterocycles. The standard InChI is InChI=1S/C10H16N4O2/c11-4-3-9-8-13(12)5-6-14(9)10(16)2-1-7-15/h1-2,9,15H,3,5-8,12H2/b2-1+/t9-/m0/s1. The summed E-state index contributed by atoms with van der Waals surface area (Å²) < 4.78 is 0. The second-order valence-electron chi connectivity index (χ2n) is 3.63. The molecule has 1 aliphatic rings. The normalized spacial score (nSPS) is 22.3. The molecule has 0 unspecified atom stereocenters. The first kappa shape index (κ1) is 12.6. The van der Waals surface area contributed by atoms with Crippen LogP contribution in [0, 0.1) is 11.3 Å². The van der Waals surface area contributed by atoms with E-state index in [1.807, 2.05) is 6.07 Å². The molecule has 1 amide bonds. The quantitative estimate of drug-likeness (QED) is 0.465. The van der Waals surface area contributed by atoms with Gasteiger partial charge in [0.2, 0.25) is 5.91 Å². The second-order valence-corrected chi connectivity index (χ2v) is 3.63. The van der Waals surface area contributed by atoms with Crippen molar-refractivity contribution in [3.63, 3.8) is 0 Å². The fourth-order valence-corrected chi connectivity index (χ4v) is 1.70. The van der Waals surface area contributed by atoms with E-state index >= 15 is 0 Å². The molecule has 0 bridgehead atoms. The average Bonchev–Trinajstić information content (AvgIpc) is 2.26. The fourth-order valence-electron chi connectivity index (χ4n) is 1.70. The summed E-state index contributed by atoms with van der Waals surface area (Å²) in [6.45, 7) is 1.45. The number of hydrogen-bond acceptors (Lipinski definition) is 5. The van der Waals surface area contributed by atoms with E-state index in [0.717, 1.165) is 0 Å². The highest BCUT2D eigenvalue weighted by molar-refractivity contribution is 5.88. The molecule has 1 heterocycles. The van der Waals surface area contributed by atoms with Crippen molar-refractivity contribution in [2.75, 3.05) is 26.2 Å². The predicted octanol–water partition coefficient (Wildman–Crippen LogP) is -1.16. The van der Waals surface area contributed by atoms with Crippen molar-refractivity contribution >= 4 is 5.91 Å². The van der Waals surface area contributed by atoms with E-state index < -0.39 is 0 Å². The summed E-state index contributed by atoms with van der Waals surface area (Å²) in [7, 11) is 0. The molecule has 1 rings (SSSR count). The molecule has 0 aliphatic carbocycles. The maximum Gasteiger partial charge on any atom is 0.246 e. The summed E-state index contributed by atoms with van der Waals surface area (Å²) >= 11 is 0. The topological polar surface area (TPSA) is 93.6 Å². The number of hydrazine groups is 1. The van der Waals surface area contributed by atoms with E-state index in [1.165, 1.54) is 12.2 Å². The van der Waals surface area contributed by atoms with Gasteiger partial charge in [0.1, 0.15) is 0 Å². The van der Waals surface area contributed by atoms with Crippen molar-refractivity contribution in [2.45, 2.75) is 12.5 Å². The zero-order valence-electron chi connectivity index (χ0n) is 9.04. The summed E-state index contributed by atoms with van der Waals surface area (Å²) in [5, 5.41) is 18.9. The van der Waals surface area contributed by atoms with Crippen molar-refractivity contribution in [2.24, 2.45) is 5.84 Å². The molecule has 16 heavy (non-hydrogen) atoms. The van der Waals surface area contributed by atoms with Crippen LogP contribution in [0.4, 0.5) is 0 Å². The molecule has 0 saturated carbocycles. The number of carbonyl (C=O) groups excluding carboxylic acids is 1. The highest BCUT2D eigenvalue weighted by atomic mass is 16.2. The van der Waals surface area contributed by atoms with Crippen LogP contribution in [0.2, 0.25) is 0 Å². The van der Waals surface area contributed by atoms with Crippen LogP contribution in [-0.2, 0) is 4.79 Å². The SMILES string of the molecule is N#CC[C@H]1CN(N)CCN1C(=O)/C=C/CO. The van der Waals surface area contributed by atoms with E-state index in [2.05, 4.69) is 0 Å². The number of hydrogen-bond donors (Lipinski definition) is 2. The lowest BCUT2D eigenvalue weighted by molar-refractivity contribution is -0.130. The number of rotatable bonds is 3. The third-order valence-electron chi connectivity index (χ3n) is 2.49. The van der Waals surface area contributed by atoms with Gasteiger partial charge in [-0.15, -0.1) is 0 Å². The summed E-state index contributed by atoms with van der Waals surface area (Å²) in [6, 6.07) is 1.88. The lowest BCUT2D eigenvalue weighted by Gasteiger charge is -2.38. The molecule has 0 radical (unpaired) electrons. The molecule has 88 valence electrons. The van der Waals surface area contributed by atoms with Crippen LogP contribution in [0.5, 0.6) is 0 Å². The molecule has 1 atom stereocenters. The third kappa shape index (κ3) is 3.31. The molecule has 0 aromatic rings. The van der Waals surface area contributed by atoms with E-state index in [-0.39, 0.29) is 25.0 Å². The largest absolute Gasteiger partial charge is 0.392 e. The summed E-state index contributed by atoms with van der Waals surface area (Å²) in [6.07, 6.45) is 2.99. The van der Waals surface area contributed by atoms with E-state index in [1.54, 1.807) is 9.91 Å². The number of aliphatic hydroxyl groups excluding tert-OH is 1. The van der Waals surface area contributed by atoms with Crippen LogP contribution >= 0.6 is 0 Å². The van der Waals surface area contributed by atoms with Gasteiger partial charge < -0.3 is 10.0 Å². The number of nitrogens with two attached hydrogens (primary N) is 1. The molecule has 0 aromatic heterocycles. The van der Waals surface area contributed by atoms with Gasteiger partial charge in [0, 0.05) is 25.7 Å². The Hall–Kier alpha value is -1.42. The minimum Gasteiger partial charge on any atom is -0.392 e. The van der Waals surface area contributed by atoms with Crippen LogP contribution in [0.3, 0.4) is 0 Å². The van der Waals surface area contributed by atoms with Crippen molar-refractivity contribution in [1.82, 2.24) is 9.91 Å². The van der Waals surface area contributed by atoms with E-state index in [9.17, 15) is 4.79 Å². The number of carbonyl (C=O) groups is 1. The molecule has 3 N–H and O–H groups in total. The molecule has 0 spiro atoms. The van der Waals surface area contributed by atoms with Crippen molar-refractivity contribution in [3.8, 4) is 6.07 Å². The molecule has 6 heteroatoms. The lowest BCUT2D eigenvalue weighted by Crippen LogP contribution is -2.56. The smallest absolute Gasteiger partial charge is 0.246 e. The van der Waals surface area contributed by atoms with Gasteiger partial charge in [-0.05, 0) is 0 Å². The average molecular weight is 224 g/mol. The molecular weight excluding hydrogens is 208 g/mol. The third-order valence-corrected chi connectivity index (χ3v) is 2.49. The molecular formula is C10H16N4O2. The maximum absolute atomic E-state index is 11.7. The van der Waals surface area contributed by atoms with Crippen molar-refractivity contribution in [3.05, 3.63) is 12.2 Å². The Morgan fingerprint density at radius 2 is 2.38 bits per heavy atom. The fraction of sp³-hybridized carbons (Fsp3) is 0.600. The number of aliphatic hydroxyl groups is 1. The summed E-state index contributed by atoms with van der Waals surface area (Å²) in [5.41, 5.74) is 0. The first-order valence-electron chi connectivity index (χ1n) is 5.13. The van der Waals surface area contributed by atoms with Crippen molar-refractivity contribution < 1.29 is 9.90 Å². The Bertz CT molecular complexity index is 310. The molecule has 6 nitrogen and oxygen atoms in total. The maximum atomic E-state index is 11.7. The highest BCUT2D eigenvalue weighted by Crippen LogP contribution is 2.11. The second kappa shape index (κ2) is 6.23. The molecule has 1 saturated heterocycles. The minimum absolute atomic E-state index is 0.161. The molecule has 0 aromatic carbocycles. The lowest BCUT2D eigenvalue weighted by atomic mass is 10.1. The minimum atomic E-state index is -0.178.